The molecule has 2 aliphatic heterocycles. The van der Waals surface area contributed by atoms with Crippen molar-refractivity contribution in [2.45, 2.75) is 37.9 Å². The molecule has 0 aliphatic carbocycles. The highest BCUT2D eigenvalue weighted by molar-refractivity contribution is 5.67. The van der Waals surface area contributed by atoms with Crippen LogP contribution in [0.5, 0.6) is 0 Å². The summed E-state index contributed by atoms with van der Waals surface area (Å²) in [5, 5.41) is 8.55. The largest absolute Gasteiger partial charge is 0.481 e. The molecule has 0 aromatic rings. The predicted molar refractivity (Wildman–Crippen MR) is 38.3 cm³/mol. The summed E-state index contributed by atoms with van der Waals surface area (Å²) in [5.41, 5.74) is 0. The van der Waals surface area contributed by atoms with Crippen LogP contribution < -0.4 is 0 Å². The number of fused-ring (bicyclic) bond motifs is 2. The second-order valence-electron chi connectivity index (χ2n) is 3.47. The Balaban J connectivity index is 1.92. The smallest absolute Gasteiger partial charge is 0.303 e. The van der Waals surface area contributed by atoms with Crippen LogP contribution in [0.25, 0.3) is 0 Å². The molecule has 2 bridgehead atoms. The number of carboxylic acids is 1. The highest BCUT2D eigenvalue weighted by atomic mass is 16.5. The van der Waals surface area contributed by atoms with Gasteiger partial charge in [0.25, 0.3) is 0 Å². The van der Waals surface area contributed by atoms with Crippen molar-refractivity contribution in [2.75, 3.05) is 0 Å². The molecule has 3 nitrogen and oxygen atoms in total. The molecule has 0 aromatic carbocycles. The zero-order valence-electron chi connectivity index (χ0n) is 6.32. The molecule has 0 saturated carbocycles. The van der Waals surface area contributed by atoms with Gasteiger partial charge in [-0.2, -0.15) is 0 Å². The second-order valence-corrected chi connectivity index (χ2v) is 3.47. The van der Waals surface area contributed by atoms with Gasteiger partial charge in [-0.15, -0.1) is 0 Å². The minimum absolute atomic E-state index is 0.260. The van der Waals surface area contributed by atoms with Crippen molar-refractivity contribution in [3.8, 4) is 0 Å². The van der Waals surface area contributed by atoms with Gasteiger partial charge in [0, 0.05) is 0 Å². The van der Waals surface area contributed by atoms with Crippen molar-refractivity contribution >= 4 is 5.97 Å². The zero-order valence-corrected chi connectivity index (χ0v) is 6.32. The van der Waals surface area contributed by atoms with Crippen LogP contribution in [0.1, 0.15) is 25.7 Å². The highest BCUT2D eigenvalue weighted by Gasteiger charge is 2.41. The Bertz CT molecular complexity index is 178. The van der Waals surface area contributed by atoms with Gasteiger partial charge in [-0.05, 0) is 25.2 Å². The first-order chi connectivity index (χ1) is 5.25. The average Bonchev–Trinajstić information content (AvgIpc) is 2.45. The maximum Gasteiger partial charge on any atom is 0.303 e. The van der Waals surface area contributed by atoms with Crippen LogP contribution in [0, 0.1) is 5.92 Å². The normalized spacial score (nSPS) is 41.3. The van der Waals surface area contributed by atoms with Crippen molar-refractivity contribution in [2.24, 2.45) is 5.92 Å². The van der Waals surface area contributed by atoms with Gasteiger partial charge in [0.1, 0.15) is 0 Å². The van der Waals surface area contributed by atoms with Crippen LogP contribution in [0.4, 0.5) is 0 Å². The number of hydrogen-bond donors (Lipinski definition) is 1. The number of ether oxygens (including phenoxy) is 1. The third kappa shape index (κ3) is 1.25. The van der Waals surface area contributed by atoms with Crippen molar-refractivity contribution in [1.29, 1.82) is 0 Å². The van der Waals surface area contributed by atoms with Gasteiger partial charge >= 0.3 is 5.97 Å². The maximum atomic E-state index is 10.4. The van der Waals surface area contributed by atoms with Crippen LogP contribution >= 0.6 is 0 Å². The van der Waals surface area contributed by atoms with E-state index >= 15 is 0 Å². The molecule has 0 aromatic heterocycles. The van der Waals surface area contributed by atoms with Crippen LogP contribution in [0.15, 0.2) is 0 Å². The Kier molecular flexibility index (Phi) is 1.60. The Morgan fingerprint density at radius 2 is 2.36 bits per heavy atom. The zero-order chi connectivity index (χ0) is 7.84. The summed E-state index contributed by atoms with van der Waals surface area (Å²) in [5.74, 6) is -0.391. The first-order valence-corrected chi connectivity index (χ1v) is 4.13. The standard InChI is InChI=1S/C8H12O3/c9-8(10)4-5-3-6-1-2-7(5)11-6/h5-7H,1-4H2,(H,9,10)/t5-,6?,7-/m1/s1. The fourth-order valence-corrected chi connectivity index (χ4v) is 2.18. The molecule has 2 aliphatic rings. The molecule has 3 atom stereocenters. The Morgan fingerprint density at radius 1 is 1.55 bits per heavy atom. The molecule has 0 spiro atoms. The third-order valence-electron chi connectivity index (χ3n) is 2.67. The van der Waals surface area contributed by atoms with E-state index in [1.165, 1.54) is 0 Å². The fraction of sp³-hybridized carbons (Fsp3) is 0.875. The first kappa shape index (κ1) is 7.10. The van der Waals surface area contributed by atoms with Crippen LogP contribution in [-0.4, -0.2) is 23.3 Å². The van der Waals surface area contributed by atoms with Crippen molar-refractivity contribution < 1.29 is 14.6 Å². The SMILES string of the molecule is O=C(O)C[C@H]1CC2CC[C@H]1O2. The van der Waals surface area contributed by atoms with E-state index in [0.29, 0.717) is 18.4 Å². The molecule has 2 saturated heterocycles. The van der Waals surface area contributed by atoms with Gasteiger partial charge in [0.05, 0.1) is 18.6 Å². The van der Waals surface area contributed by atoms with Gasteiger partial charge in [0.15, 0.2) is 0 Å². The summed E-state index contributed by atoms with van der Waals surface area (Å²) in [6, 6.07) is 0. The Labute approximate surface area is 65.4 Å². The molecule has 1 N–H and O–H groups in total. The molecule has 11 heavy (non-hydrogen) atoms. The topological polar surface area (TPSA) is 46.5 Å². The van der Waals surface area contributed by atoms with Crippen molar-refractivity contribution in [3.05, 3.63) is 0 Å². The summed E-state index contributed by atoms with van der Waals surface area (Å²) >= 11 is 0. The monoisotopic (exact) mass is 156 g/mol. The molecule has 1 unspecified atom stereocenters. The summed E-state index contributed by atoms with van der Waals surface area (Å²) < 4.78 is 5.52. The van der Waals surface area contributed by atoms with Crippen molar-refractivity contribution in [3.63, 3.8) is 0 Å². The van der Waals surface area contributed by atoms with Crippen molar-refractivity contribution in [1.82, 2.24) is 0 Å². The molecule has 3 heteroatoms. The molecule has 62 valence electrons. The van der Waals surface area contributed by atoms with Crippen LogP contribution in [0.3, 0.4) is 0 Å². The molecule has 0 radical (unpaired) electrons. The quantitative estimate of drug-likeness (QED) is 0.649. The van der Waals surface area contributed by atoms with Crippen LogP contribution in [0.2, 0.25) is 0 Å². The lowest BCUT2D eigenvalue weighted by Gasteiger charge is -2.15. The van der Waals surface area contributed by atoms with Gasteiger partial charge < -0.3 is 9.84 Å². The van der Waals surface area contributed by atoms with E-state index in [1.807, 2.05) is 0 Å². The summed E-state index contributed by atoms with van der Waals surface area (Å²) in [4.78, 5) is 10.4. The van der Waals surface area contributed by atoms with Gasteiger partial charge in [-0.3, -0.25) is 4.79 Å². The lowest BCUT2D eigenvalue weighted by atomic mass is 9.87. The maximum absolute atomic E-state index is 10.4. The van der Waals surface area contributed by atoms with Gasteiger partial charge in [0.2, 0.25) is 0 Å². The summed E-state index contributed by atoms with van der Waals surface area (Å²) in [6.07, 6.45) is 4.11. The fourth-order valence-electron chi connectivity index (χ4n) is 2.18. The number of carboxylic acid groups (broad SMARTS) is 1. The van der Waals surface area contributed by atoms with E-state index in [-0.39, 0.29) is 6.10 Å². The van der Waals surface area contributed by atoms with E-state index in [9.17, 15) is 4.79 Å². The minimum Gasteiger partial charge on any atom is -0.481 e. The number of rotatable bonds is 2. The third-order valence-corrected chi connectivity index (χ3v) is 2.67. The van der Waals surface area contributed by atoms with E-state index < -0.39 is 5.97 Å². The van der Waals surface area contributed by atoms with E-state index in [2.05, 4.69) is 0 Å². The molecule has 0 amide bonds. The van der Waals surface area contributed by atoms with Gasteiger partial charge in [-0.1, -0.05) is 0 Å². The lowest BCUT2D eigenvalue weighted by molar-refractivity contribution is -0.138. The number of aliphatic carboxylic acids is 1. The molecular weight excluding hydrogens is 144 g/mol. The lowest BCUT2D eigenvalue weighted by Crippen LogP contribution is -2.19. The Hall–Kier alpha value is -0.570. The summed E-state index contributed by atoms with van der Waals surface area (Å²) in [7, 11) is 0. The van der Waals surface area contributed by atoms with E-state index in [0.717, 1.165) is 19.3 Å². The first-order valence-electron chi connectivity index (χ1n) is 4.13. The van der Waals surface area contributed by atoms with Gasteiger partial charge in [-0.25, -0.2) is 0 Å². The number of hydrogen-bond acceptors (Lipinski definition) is 2. The summed E-state index contributed by atoms with van der Waals surface area (Å²) in [6.45, 7) is 0. The number of carbonyl (C=O) groups is 1. The Morgan fingerprint density at radius 3 is 2.82 bits per heavy atom. The molecule has 2 fully saturated rings. The predicted octanol–water partition coefficient (Wildman–Crippen LogP) is 1.03. The van der Waals surface area contributed by atoms with Crippen LogP contribution in [-0.2, 0) is 9.53 Å². The molecule has 2 heterocycles. The second kappa shape index (κ2) is 2.48. The molecule has 2 rings (SSSR count). The van der Waals surface area contributed by atoms with E-state index in [4.69, 9.17) is 9.84 Å². The molecular formula is C8H12O3. The van der Waals surface area contributed by atoms with E-state index in [1.54, 1.807) is 0 Å². The minimum atomic E-state index is -0.689. The average molecular weight is 156 g/mol. The highest BCUT2D eigenvalue weighted by Crippen LogP contribution is 2.40.